The number of alkyl halides is 6. The average molecular weight is 506 g/mol. The highest BCUT2D eigenvalue weighted by Gasteiger charge is 2.37. The molecule has 0 unspecified atom stereocenters. The summed E-state index contributed by atoms with van der Waals surface area (Å²) in [7, 11) is 1.36. The highest BCUT2D eigenvalue weighted by atomic mass is 19.4. The van der Waals surface area contributed by atoms with Crippen molar-refractivity contribution in [1.82, 2.24) is 30.1 Å². The van der Waals surface area contributed by atoms with Crippen molar-refractivity contribution in [3.05, 3.63) is 41.7 Å². The third-order valence-electron chi connectivity index (χ3n) is 4.85. The Balaban J connectivity index is 1.67. The number of hydrogen-bond donors (Lipinski definition) is 1. The highest BCUT2D eigenvalue weighted by Crippen LogP contribution is 2.38. The quantitative estimate of drug-likeness (QED) is 0.380. The van der Waals surface area contributed by atoms with Crippen LogP contribution < -0.4 is 5.43 Å². The van der Waals surface area contributed by atoms with E-state index in [0.29, 0.717) is 38.4 Å². The fourth-order valence-corrected chi connectivity index (χ4v) is 3.03. The molecule has 0 radical (unpaired) electrons. The van der Waals surface area contributed by atoms with Gasteiger partial charge in [0.25, 0.3) is 11.8 Å². The van der Waals surface area contributed by atoms with E-state index in [2.05, 4.69) is 15.5 Å². The van der Waals surface area contributed by atoms with Crippen LogP contribution in [0.5, 0.6) is 0 Å². The summed E-state index contributed by atoms with van der Waals surface area (Å²) in [4.78, 5) is 29.8. The van der Waals surface area contributed by atoms with E-state index in [9.17, 15) is 35.9 Å². The van der Waals surface area contributed by atoms with Crippen LogP contribution in [0.4, 0.5) is 26.3 Å². The number of carbonyl (C=O) groups is 2. The molecule has 1 fully saturated rings. The van der Waals surface area contributed by atoms with Crippen molar-refractivity contribution in [2.75, 3.05) is 39.9 Å². The van der Waals surface area contributed by atoms with Gasteiger partial charge in [-0.05, 0) is 18.2 Å². The molecule has 2 heterocycles. The summed E-state index contributed by atoms with van der Waals surface area (Å²) in [5, 5.41) is 4.79. The first kappa shape index (κ1) is 26.2. The number of nitrogens with zero attached hydrogens (tertiary/aromatic N) is 5. The van der Waals surface area contributed by atoms with Gasteiger partial charge in [-0.25, -0.2) is 9.67 Å². The molecule has 2 amide bonds. The standard InChI is InChI=1S/C20H20F6N6O3/c1-30(17(34)11-31-4-6-35-7-5-31)28-16(33)2-3-32-12-27-18(29-32)13-8-14(19(21,22)23)10-15(9-13)20(24,25)26/h2-3,8-10,12H,4-7,11H2,1H3,(H,28,33). The molecule has 190 valence electrons. The average Bonchev–Trinajstić information content (AvgIpc) is 3.26. The number of ether oxygens (including phenoxy) is 1. The van der Waals surface area contributed by atoms with Crippen LogP contribution in [-0.2, 0) is 26.7 Å². The van der Waals surface area contributed by atoms with Crippen LogP contribution in [-0.4, -0.2) is 76.4 Å². The maximum Gasteiger partial charge on any atom is 0.416 e. The smallest absolute Gasteiger partial charge is 0.379 e. The first-order chi connectivity index (χ1) is 16.3. The number of hydrazine groups is 1. The van der Waals surface area contributed by atoms with Gasteiger partial charge in [-0.3, -0.25) is 24.9 Å². The Labute approximate surface area is 194 Å². The zero-order valence-corrected chi connectivity index (χ0v) is 18.2. The molecular formula is C20H20F6N6O3. The van der Waals surface area contributed by atoms with Gasteiger partial charge < -0.3 is 4.74 Å². The van der Waals surface area contributed by atoms with Crippen LogP contribution in [0.2, 0.25) is 0 Å². The molecule has 0 bridgehead atoms. The van der Waals surface area contributed by atoms with E-state index in [0.717, 1.165) is 28.3 Å². The summed E-state index contributed by atoms with van der Waals surface area (Å²) in [6.45, 7) is 2.25. The van der Waals surface area contributed by atoms with Gasteiger partial charge in [-0.15, -0.1) is 5.10 Å². The van der Waals surface area contributed by atoms with Crippen LogP contribution in [0.25, 0.3) is 17.6 Å². The van der Waals surface area contributed by atoms with E-state index in [1.807, 2.05) is 4.90 Å². The third kappa shape index (κ3) is 7.26. The van der Waals surface area contributed by atoms with Gasteiger partial charge in [0.1, 0.15) is 6.33 Å². The number of halogens is 6. The lowest BCUT2D eigenvalue weighted by molar-refractivity contribution is -0.143. The van der Waals surface area contributed by atoms with Gasteiger partial charge in [-0.2, -0.15) is 26.3 Å². The second-order valence-corrected chi connectivity index (χ2v) is 7.48. The summed E-state index contributed by atoms with van der Waals surface area (Å²) in [6.07, 6.45) is -6.99. The van der Waals surface area contributed by atoms with Gasteiger partial charge in [0.05, 0.1) is 30.9 Å². The van der Waals surface area contributed by atoms with Gasteiger partial charge in [0.2, 0.25) is 0 Å². The Hall–Kier alpha value is -3.46. The fraction of sp³-hybridized carbons (Fsp3) is 0.400. The van der Waals surface area contributed by atoms with E-state index in [1.165, 1.54) is 7.05 Å². The zero-order chi connectivity index (χ0) is 25.8. The predicted molar refractivity (Wildman–Crippen MR) is 109 cm³/mol. The number of nitrogens with one attached hydrogen (secondary N) is 1. The highest BCUT2D eigenvalue weighted by molar-refractivity contribution is 5.91. The molecule has 9 nitrogen and oxygen atoms in total. The molecule has 15 heteroatoms. The third-order valence-corrected chi connectivity index (χ3v) is 4.85. The number of benzene rings is 1. The molecule has 1 N–H and O–H groups in total. The van der Waals surface area contributed by atoms with Crippen LogP contribution in [0.1, 0.15) is 11.1 Å². The van der Waals surface area contributed by atoms with Crippen LogP contribution >= 0.6 is 0 Å². The molecule has 0 atom stereocenters. The molecule has 0 saturated carbocycles. The summed E-state index contributed by atoms with van der Waals surface area (Å²) >= 11 is 0. The predicted octanol–water partition coefficient (Wildman–Crippen LogP) is 2.28. The number of amides is 2. The SMILES string of the molecule is CN(NC(=O)C=Cn1cnc(-c2cc(C(F)(F)F)cc(C(F)(F)F)c2)n1)C(=O)CN1CCOCC1. The lowest BCUT2D eigenvalue weighted by Crippen LogP contribution is -2.49. The second kappa shape index (κ2) is 10.4. The molecule has 35 heavy (non-hydrogen) atoms. The van der Waals surface area contributed by atoms with Gasteiger partial charge in [0.15, 0.2) is 5.82 Å². The second-order valence-electron chi connectivity index (χ2n) is 7.48. The number of aromatic nitrogens is 3. The number of carbonyl (C=O) groups excluding carboxylic acids is 2. The first-order valence-corrected chi connectivity index (χ1v) is 10.1. The summed E-state index contributed by atoms with van der Waals surface area (Å²) in [6, 6.07) is 1.00. The number of likely N-dealkylation sites (N-methyl/N-ethyl adjacent to an activating group) is 1. The lowest BCUT2D eigenvalue weighted by atomic mass is 10.0. The van der Waals surface area contributed by atoms with Crippen molar-refractivity contribution in [3.63, 3.8) is 0 Å². The monoisotopic (exact) mass is 506 g/mol. The van der Waals surface area contributed by atoms with Crippen molar-refractivity contribution in [2.24, 2.45) is 0 Å². The van der Waals surface area contributed by atoms with Crippen LogP contribution in [0.15, 0.2) is 30.6 Å². The van der Waals surface area contributed by atoms with Gasteiger partial charge in [0, 0.05) is 38.0 Å². The largest absolute Gasteiger partial charge is 0.416 e. The number of rotatable bonds is 5. The molecule has 1 aliphatic heterocycles. The van der Waals surface area contributed by atoms with Crippen molar-refractivity contribution in [2.45, 2.75) is 12.4 Å². The number of morpholine rings is 1. The van der Waals surface area contributed by atoms with Crippen molar-refractivity contribution in [3.8, 4) is 11.4 Å². The van der Waals surface area contributed by atoms with E-state index >= 15 is 0 Å². The lowest BCUT2D eigenvalue weighted by Gasteiger charge is -2.27. The van der Waals surface area contributed by atoms with Crippen molar-refractivity contribution >= 4 is 18.0 Å². The normalized spacial score (nSPS) is 15.4. The molecule has 1 aromatic carbocycles. The van der Waals surface area contributed by atoms with E-state index in [4.69, 9.17) is 4.74 Å². The van der Waals surface area contributed by atoms with E-state index < -0.39 is 40.8 Å². The Morgan fingerprint density at radius 1 is 1.09 bits per heavy atom. The minimum absolute atomic E-state index is 0.00157. The Morgan fingerprint density at radius 3 is 2.26 bits per heavy atom. The van der Waals surface area contributed by atoms with E-state index in [-0.39, 0.29) is 18.5 Å². The van der Waals surface area contributed by atoms with Crippen LogP contribution in [0.3, 0.4) is 0 Å². The molecule has 2 aromatic rings. The summed E-state index contributed by atoms with van der Waals surface area (Å²) in [5.41, 5.74) is -1.19. The molecule has 0 aliphatic carbocycles. The number of hydrogen-bond acceptors (Lipinski definition) is 6. The van der Waals surface area contributed by atoms with Gasteiger partial charge >= 0.3 is 12.4 Å². The summed E-state index contributed by atoms with van der Waals surface area (Å²) < 4.78 is 84.4. The first-order valence-electron chi connectivity index (χ1n) is 10.1. The topological polar surface area (TPSA) is 92.6 Å². The Morgan fingerprint density at radius 2 is 1.69 bits per heavy atom. The van der Waals surface area contributed by atoms with Crippen LogP contribution in [0, 0.1) is 0 Å². The zero-order valence-electron chi connectivity index (χ0n) is 18.2. The fourth-order valence-electron chi connectivity index (χ4n) is 3.03. The molecule has 1 aromatic heterocycles. The van der Waals surface area contributed by atoms with Gasteiger partial charge in [-0.1, -0.05) is 0 Å². The molecule has 3 rings (SSSR count). The van der Waals surface area contributed by atoms with E-state index in [1.54, 1.807) is 0 Å². The molecular weight excluding hydrogens is 486 g/mol. The minimum atomic E-state index is -5.01. The van der Waals surface area contributed by atoms with Crippen molar-refractivity contribution in [1.29, 1.82) is 0 Å². The molecule has 1 aliphatic rings. The maximum atomic E-state index is 13.1. The summed E-state index contributed by atoms with van der Waals surface area (Å²) in [5.74, 6) is -1.51. The Kier molecular flexibility index (Phi) is 7.80. The molecule has 0 spiro atoms. The molecule has 1 saturated heterocycles. The Bertz CT molecular complexity index is 1060. The minimum Gasteiger partial charge on any atom is -0.379 e. The maximum absolute atomic E-state index is 13.1. The van der Waals surface area contributed by atoms with Crippen molar-refractivity contribution < 1.29 is 40.7 Å².